The molecule has 3 rings (SSSR count). The number of halogens is 1. The lowest BCUT2D eigenvalue weighted by Crippen LogP contribution is -2.09. The molecular formula is C21H22ClNO3. The molecule has 2 aromatic rings. The van der Waals surface area contributed by atoms with Crippen LogP contribution in [0.5, 0.6) is 5.75 Å². The quantitative estimate of drug-likeness (QED) is 0.672. The van der Waals surface area contributed by atoms with Gasteiger partial charge in [-0.3, -0.25) is 4.99 Å². The van der Waals surface area contributed by atoms with Crippen LogP contribution in [0, 0.1) is 0 Å². The summed E-state index contributed by atoms with van der Waals surface area (Å²) >= 11 is 6.12. The van der Waals surface area contributed by atoms with Crippen molar-refractivity contribution in [2.45, 2.75) is 38.0 Å². The summed E-state index contributed by atoms with van der Waals surface area (Å²) in [7, 11) is 0. The highest BCUT2D eigenvalue weighted by Crippen LogP contribution is 2.33. The number of ether oxygens (including phenoxy) is 1. The highest BCUT2D eigenvalue weighted by Gasteiger charge is 2.14. The zero-order valence-electron chi connectivity index (χ0n) is 14.5. The second kappa shape index (κ2) is 8.86. The Bertz CT molecular complexity index is 780. The van der Waals surface area contributed by atoms with Crippen molar-refractivity contribution < 1.29 is 14.6 Å². The van der Waals surface area contributed by atoms with Gasteiger partial charge in [-0.25, -0.2) is 4.79 Å². The van der Waals surface area contributed by atoms with Crippen molar-refractivity contribution >= 4 is 29.5 Å². The number of aliphatic imine (C=N–C) groups is 1. The van der Waals surface area contributed by atoms with Gasteiger partial charge in [-0.2, -0.15) is 0 Å². The highest BCUT2D eigenvalue weighted by molar-refractivity contribution is 6.32. The van der Waals surface area contributed by atoms with E-state index >= 15 is 0 Å². The van der Waals surface area contributed by atoms with Crippen molar-refractivity contribution in [2.24, 2.45) is 4.99 Å². The fraction of sp³-hybridized carbons (Fsp3) is 0.333. The average molecular weight is 372 g/mol. The molecule has 2 aromatic carbocycles. The van der Waals surface area contributed by atoms with Gasteiger partial charge in [0.1, 0.15) is 5.75 Å². The van der Waals surface area contributed by atoms with E-state index in [1.807, 2.05) is 12.1 Å². The second-order valence-electron chi connectivity index (χ2n) is 6.56. The highest BCUT2D eigenvalue weighted by atomic mass is 35.5. The van der Waals surface area contributed by atoms with Gasteiger partial charge in [0.2, 0.25) is 0 Å². The summed E-state index contributed by atoms with van der Waals surface area (Å²) in [5, 5.41) is 9.01. The molecule has 1 saturated carbocycles. The van der Waals surface area contributed by atoms with Crippen LogP contribution in [0.2, 0.25) is 5.02 Å². The van der Waals surface area contributed by atoms with Gasteiger partial charge in [0.25, 0.3) is 0 Å². The van der Waals surface area contributed by atoms with Crippen molar-refractivity contribution in [1.82, 2.24) is 0 Å². The number of carboxylic acid groups (broad SMARTS) is 1. The van der Waals surface area contributed by atoms with Gasteiger partial charge in [0.05, 0.1) is 10.7 Å². The average Bonchev–Trinajstić information content (AvgIpc) is 2.66. The Labute approximate surface area is 158 Å². The molecule has 0 unspecified atom stereocenters. The maximum absolute atomic E-state index is 10.5. The van der Waals surface area contributed by atoms with E-state index in [4.69, 9.17) is 21.4 Å². The fourth-order valence-corrected chi connectivity index (χ4v) is 3.52. The van der Waals surface area contributed by atoms with Crippen LogP contribution in [0.25, 0.3) is 0 Å². The van der Waals surface area contributed by atoms with Crippen molar-refractivity contribution in [1.29, 1.82) is 0 Å². The fourth-order valence-electron chi connectivity index (χ4n) is 3.27. The number of aliphatic carboxylic acids is 1. The number of rotatable bonds is 6. The Balaban J connectivity index is 1.63. The van der Waals surface area contributed by atoms with E-state index in [1.165, 1.54) is 37.7 Å². The van der Waals surface area contributed by atoms with Crippen LogP contribution in [0.3, 0.4) is 0 Å². The molecule has 0 spiro atoms. The second-order valence-corrected chi connectivity index (χ2v) is 6.96. The lowest BCUT2D eigenvalue weighted by molar-refractivity contribution is -0.139. The summed E-state index contributed by atoms with van der Waals surface area (Å²) in [5.41, 5.74) is 3.13. The molecule has 1 aliphatic carbocycles. The maximum atomic E-state index is 10.5. The van der Waals surface area contributed by atoms with Crippen LogP contribution >= 0.6 is 11.6 Å². The molecule has 4 nitrogen and oxygen atoms in total. The smallest absolute Gasteiger partial charge is 0.341 e. The Morgan fingerprint density at radius 2 is 1.88 bits per heavy atom. The molecule has 0 saturated heterocycles. The van der Waals surface area contributed by atoms with E-state index in [1.54, 1.807) is 24.4 Å². The van der Waals surface area contributed by atoms with E-state index in [2.05, 4.69) is 17.1 Å². The minimum Gasteiger partial charge on any atom is -0.480 e. The number of carboxylic acids is 1. The topological polar surface area (TPSA) is 58.9 Å². The zero-order chi connectivity index (χ0) is 18.4. The van der Waals surface area contributed by atoms with Crippen LogP contribution in [-0.4, -0.2) is 23.9 Å². The third kappa shape index (κ3) is 5.09. The predicted molar refractivity (Wildman–Crippen MR) is 104 cm³/mol. The van der Waals surface area contributed by atoms with Crippen LogP contribution in [0.4, 0.5) is 5.69 Å². The van der Waals surface area contributed by atoms with Crippen LogP contribution in [0.1, 0.15) is 49.1 Å². The molecular weight excluding hydrogens is 350 g/mol. The minimum atomic E-state index is -1.04. The third-order valence-electron chi connectivity index (χ3n) is 4.64. The van der Waals surface area contributed by atoms with Crippen molar-refractivity contribution in [3.63, 3.8) is 0 Å². The van der Waals surface area contributed by atoms with Gasteiger partial charge in [0.15, 0.2) is 6.61 Å². The van der Waals surface area contributed by atoms with E-state index in [9.17, 15) is 4.79 Å². The summed E-state index contributed by atoms with van der Waals surface area (Å²) in [6, 6.07) is 13.6. The van der Waals surface area contributed by atoms with Gasteiger partial charge < -0.3 is 9.84 Å². The molecule has 0 aliphatic heterocycles. The molecule has 0 atom stereocenters. The number of carbonyl (C=O) groups is 1. The van der Waals surface area contributed by atoms with Crippen LogP contribution in [-0.2, 0) is 4.79 Å². The van der Waals surface area contributed by atoms with Gasteiger partial charge >= 0.3 is 5.97 Å². The molecule has 0 amide bonds. The third-order valence-corrected chi connectivity index (χ3v) is 4.93. The zero-order valence-corrected chi connectivity index (χ0v) is 15.3. The first-order chi connectivity index (χ1) is 12.6. The van der Waals surface area contributed by atoms with E-state index in [-0.39, 0.29) is 0 Å². The predicted octanol–water partition coefficient (Wildman–Crippen LogP) is 5.60. The lowest BCUT2D eigenvalue weighted by Gasteiger charge is -2.21. The van der Waals surface area contributed by atoms with Crippen LogP contribution in [0.15, 0.2) is 47.5 Å². The molecule has 136 valence electrons. The standard InChI is InChI=1S/C21H22ClNO3/c22-19-12-15(6-11-20(19)26-14-21(24)25)13-23-18-9-7-17(8-10-18)16-4-2-1-3-5-16/h6-13,16H,1-5,14H2,(H,24,25). The molecule has 1 N–H and O–H groups in total. The van der Waals surface area contributed by atoms with Crippen molar-refractivity contribution in [2.75, 3.05) is 6.61 Å². The molecule has 0 bridgehead atoms. The first-order valence-corrected chi connectivity index (χ1v) is 9.28. The van der Waals surface area contributed by atoms with E-state index < -0.39 is 12.6 Å². The number of hydrogen-bond donors (Lipinski definition) is 1. The molecule has 0 radical (unpaired) electrons. The molecule has 0 heterocycles. The molecule has 5 heteroatoms. The summed E-state index contributed by atoms with van der Waals surface area (Å²) in [6.45, 7) is -0.416. The summed E-state index contributed by atoms with van der Waals surface area (Å²) < 4.78 is 5.11. The van der Waals surface area contributed by atoms with Crippen molar-refractivity contribution in [3.8, 4) is 5.75 Å². The summed E-state index contributed by atoms with van der Waals surface area (Å²) in [4.78, 5) is 15.0. The SMILES string of the molecule is O=C(O)COc1ccc(C=Nc2ccc(C3CCCCC3)cc2)cc1Cl. The van der Waals surface area contributed by atoms with Gasteiger partial charge in [-0.1, -0.05) is 43.0 Å². The Morgan fingerprint density at radius 3 is 2.54 bits per heavy atom. The first kappa shape index (κ1) is 18.5. The Hall–Kier alpha value is -2.33. The molecule has 1 fully saturated rings. The lowest BCUT2D eigenvalue weighted by atomic mass is 9.84. The van der Waals surface area contributed by atoms with E-state index in [0.29, 0.717) is 16.7 Å². The largest absolute Gasteiger partial charge is 0.480 e. The Kier molecular flexibility index (Phi) is 6.29. The summed E-state index contributed by atoms with van der Waals surface area (Å²) in [5.74, 6) is 0.00497. The number of benzene rings is 2. The molecule has 1 aliphatic rings. The van der Waals surface area contributed by atoms with Gasteiger partial charge in [0, 0.05) is 6.21 Å². The minimum absolute atomic E-state index is 0.350. The van der Waals surface area contributed by atoms with Crippen molar-refractivity contribution in [3.05, 3.63) is 58.6 Å². The van der Waals surface area contributed by atoms with E-state index in [0.717, 1.165) is 11.3 Å². The molecule has 26 heavy (non-hydrogen) atoms. The van der Waals surface area contributed by atoms with Crippen LogP contribution < -0.4 is 4.74 Å². The normalized spacial score (nSPS) is 15.3. The number of hydrogen-bond acceptors (Lipinski definition) is 3. The maximum Gasteiger partial charge on any atom is 0.341 e. The number of nitrogens with zero attached hydrogens (tertiary/aromatic N) is 1. The monoisotopic (exact) mass is 371 g/mol. The first-order valence-electron chi connectivity index (χ1n) is 8.90. The van der Waals surface area contributed by atoms with Gasteiger partial charge in [-0.15, -0.1) is 0 Å². The Morgan fingerprint density at radius 1 is 1.15 bits per heavy atom. The van der Waals surface area contributed by atoms with Gasteiger partial charge in [-0.05, 0) is 60.2 Å². The molecule has 0 aromatic heterocycles. The summed E-state index contributed by atoms with van der Waals surface area (Å²) in [6.07, 6.45) is 8.34.